The van der Waals surface area contributed by atoms with E-state index >= 15 is 0 Å². The normalized spacial score (nSPS) is 10.9. The Hall–Kier alpha value is -1.55. The van der Waals surface area contributed by atoms with Crippen molar-refractivity contribution in [3.63, 3.8) is 0 Å². The maximum atomic E-state index is 13.0. The number of benzene rings is 1. The first-order chi connectivity index (χ1) is 8.36. The van der Waals surface area contributed by atoms with Gasteiger partial charge in [0.1, 0.15) is 11.3 Å². The lowest BCUT2D eigenvalue weighted by Gasteiger charge is -2.16. The number of ketones is 1. The van der Waals surface area contributed by atoms with Crippen LogP contribution in [0.3, 0.4) is 0 Å². The van der Waals surface area contributed by atoms with Crippen LogP contribution in [0, 0.1) is 11.3 Å². The third kappa shape index (κ3) is 2.64. The highest BCUT2D eigenvalue weighted by Gasteiger charge is 2.40. The van der Waals surface area contributed by atoms with Crippen LogP contribution in [0.1, 0.15) is 21.5 Å². The molecule has 0 amide bonds. The van der Waals surface area contributed by atoms with Gasteiger partial charge in [0.15, 0.2) is 5.78 Å². The predicted octanol–water partition coefficient (Wildman–Crippen LogP) is 3.16. The van der Waals surface area contributed by atoms with Gasteiger partial charge in [-0.1, -0.05) is 15.9 Å². The van der Waals surface area contributed by atoms with Crippen molar-refractivity contribution in [2.24, 2.45) is 0 Å². The van der Waals surface area contributed by atoms with Gasteiger partial charge < -0.3 is 4.74 Å². The van der Waals surface area contributed by atoms with Crippen molar-refractivity contribution < 1.29 is 22.7 Å². The number of rotatable bonds is 3. The number of methoxy groups -OCH3 is 1. The molecule has 0 fully saturated rings. The number of Topliss-reactive ketones (excluding diaryl/α,β-unsaturated/α-hetero) is 1. The number of alkyl halides is 4. The number of nitrogens with zero attached hydrogens (tertiary/aromatic N) is 1. The second-order valence-electron chi connectivity index (χ2n) is 3.23. The van der Waals surface area contributed by atoms with E-state index in [1.807, 2.05) is 0 Å². The molecule has 1 aromatic rings. The molecule has 0 saturated heterocycles. The fourth-order valence-electron chi connectivity index (χ4n) is 1.48. The topological polar surface area (TPSA) is 50.1 Å². The first-order valence-corrected chi connectivity index (χ1v) is 5.76. The Morgan fingerprint density at radius 1 is 1.50 bits per heavy atom. The lowest BCUT2D eigenvalue weighted by molar-refractivity contribution is -0.139. The average Bonchev–Trinajstić information content (AvgIpc) is 2.34. The van der Waals surface area contributed by atoms with Crippen molar-refractivity contribution in [3.05, 3.63) is 28.8 Å². The zero-order valence-corrected chi connectivity index (χ0v) is 10.7. The highest BCUT2D eigenvalue weighted by molar-refractivity contribution is 9.09. The quantitative estimate of drug-likeness (QED) is 0.634. The summed E-state index contributed by atoms with van der Waals surface area (Å²) in [5.74, 6) is -1.30. The maximum Gasteiger partial charge on any atom is 0.420 e. The molecule has 0 saturated carbocycles. The van der Waals surface area contributed by atoms with E-state index in [0.717, 1.165) is 19.2 Å². The molecule has 0 radical (unpaired) electrons. The van der Waals surface area contributed by atoms with Gasteiger partial charge in [0, 0.05) is 0 Å². The third-order valence-corrected chi connectivity index (χ3v) is 2.70. The molecule has 7 heteroatoms. The lowest BCUT2D eigenvalue weighted by Crippen LogP contribution is -2.17. The Labute approximate surface area is 109 Å². The molecule has 0 aliphatic heterocycles. The van der Waals surface area contributed by atoms with E-state index in [1.54, 1.807) is 6.07 Å². The van der Waals surface area contributed by atoms with E-state index in [4.69, 9.17) is 5.26 Å². The minimum Gasteiger partial charge on any atom is -0.496 e. The van der Waals surface area contributed by atoms with Crippen molar-refractivity contribution in [2.75, 3.05) is 12.4 Å². The van der Waals surface area contributed by atoms with Gasteiger partial charge in [-0.15, -0.1) is 0 Å². The van der Waals surface area contributed by atoms with Gasteiger partial charge >= 0.3 is 6.18 Å². The van der Waals surface area contributed by atoms with Crippen molar-refractivity contribution in [1.29, 1.82) is 5.26 Å². The smallest absolute Gasteiger partial charge is 0.420 e. The molecule has 0 atom stereocenters. The fourth-order valence-corrected chi connectivity index (χ4v) is 1.77. The highest BCUT2D eigenvalue weighted by atomic mass is 79.9. The molecule has 0 aliphatic rings. The molecule has 0 aromatic heterocycles. The van der Waals surface area contributed by atoms with Crippen LogP contribution >= 0.6 is 15.9 Å². The number of hydrogen-bond acceptors (Lipinski definition) is 3. The van der Waals surface area contributed by atoms with Crippen LogP contribution in [0.15, 0.2) is 12.1 Å². The van der Waals surface area contributed by atoms with Crippen LogP contribution in [0.4, 0.5) is 13.2 Å². The molecular formula is C11H7BrF3NO2. The molecular weight excluding hydrogens is 315 g/mol. The predicted molar refractivity (Wildman–Crippen MR) is 60.8 cm³/mol. The summed E-state index contributed by atoms with van der Waals surface area (Å²) in [6.07, 6.45) is -4.77. The zero-order chi connectivity index (χ0) is 13.9. The van der Waals surface area contributed by atoms with Gasteiger partial charge in [0.25, 0.3) is 0 Å². The van der Waals surface area contributed by atoms with Gasteiger partial charge in [-0.25, -0.2) is 0 Å². The fraction of sp³-hybridized carbons (Fsp3) is 0.273. The molecule has 0 aliphatic carbocycles. The SMILES string of the molecule is COc1ccc(C#N)c(C(=O)CBr)c1C(F)(F)F. The molecule has 0 heterocycles. The maximum absolute atomic E-state index is 13.0. The monoisotopic (exact) mass is 321 g/mol. The van der Waals surface area contributed by atoms with E-state index in [-0.39, 0.29) is 10.9 Å². The first kappa shape index (κ1) is 14.5. The molecule has 3 nitrogen and oxygen atoms in total. The summed E-state index contributed by atoms with van der Waals surface area (Å²) in [6.45, 7) is 0. The molecule has 0 spiro atoms. The zero-order valence-electron chi connectivity index (χ0n) is 9.14. The second-order valence-corrected chi connectivity index (χ2v) is 3.79. The van der Waals surface area contributed by atoms with Gasteiger partial charge in [0.05, 0.1) is 29.6 Å². The Morgan fingerprint density at radius 2 is 2.11 bits per heavy atom. The highest BCUT2D eigenvalue weighted by Crippen LogP contribution is 2.40. The Balaban J connectivity index is 3.71. The number of carbonyl (C=O) groups is 1. The van der Waals surface area contributed by atoms with E-state index in [0.29, 0.717) is 0 Å². The summed E-state index contributed by atoms with van der Waals surface area (Å²) >= 11 is 2.80. The van der Waals surface area contributed by atoms with Crippen molar-refractivity contribution in [3.8, 4) is 11.8 Å². The third-order valence-electron chi connectivity index (χ3n) is 2.19. The molecule has 0 unspecified atom stereocenters. The van der Waals surface area contributed by atoms with Crippen molar-refractivity contribution in [2.45, 2.75) is 6.18 Å². The largest absolute Gasteiger partial charge is 0.496 e. The Bertz CT molecular complexity index is 520. The number of halogens is 4. The van der Waals surface area contributed by atoms with Crippen LogP contribution in [0.5, 0.6) is 5.75 Å². The summed E-state index contributed by atoms with van der Waals surface area (Å²) in [5.41, 5.74) is -2.21. The molecule has 96 valence electrons. The van der Waals surface area contributed by atoms with Gasteiger partial charge in [-0.3, -0.25) is 4.79 Å². The van der Waals surface area contributed by atoms with Gasteiger partial charge in [-0.2, -0.15) is 18.4 Å². The summed E-state index contributed by atoms with van der Waals surface area (Å²) < 4.78 is 43.5. The minimum absolute atomic E-state index is 0.308. The Morgan fingerprint density at radius 3 is 2.50 bits per heavy atom. The van der Waals surface area contributed by atoms with Gasteiger partial charge in [0.2, 0.25) is 0 Å². The standard InChI is InChI=1S/C11H7BrF3NO2/c1-18-8-3-2-6(5-16)9(7(17)4-12)10(8)11(13,14)15/h2-3H,4H2,1H3. The Kier molecular flexibility index (Phi) is 4.35. The van der Waals surface area contributed by atoms with E-state index in [9.17, 15) is 18.0 Å². The number of hydrogen-bond donors (Lipinski definition) is 0. The van der Waals surface area contributed by atoms with E-state index in [1.165, 1.54) is 0 Å². The summed E-state index contributed by atoms with van der Waals surface area (Å²) in [7, 11) is 1.07. The second kappa shape index (κ2) is 5.40. The van der Waals surface area contributed by atoms with Crippen LogP contribution in [-0.2, 0) is 6.18 Å². The molecule has 0 bridgehead atoms. The first-order valence-electron chi connectivity index (χ1n) is 4.64. The van der Waals surface area contributed by atoms with Crippen LogP contribution < -0.4 is 4.74 Å². The van der Waals surface area contributed by atoms with Crippen LogP contribution in [0.2, 0.25) is 0 Å². The van der Waals surface area contributed by atoms with Crippen LogP contribution in [-0.4, -0.2) is 18.2 Å². The van der Waals surface area contributed by atoms with Crippen molar-refractivity contribution >= 4 is 21.7 Å². The number of ether oxygens (including phenoxy) is 1. The van der Waals surface area contributed by atoms with Gasteiger partial charge in [-0.05, 0) is 12.1 Å². The molecule has 1 rings (SSSR count). The number of nitriles is 1. The van der Waals surface area contributed by atoms with E-state index in [2.05, 4.69) is 20.7 Å². The minimum atomic E-state index is -4.77. The van der Waals surface area contributed by atoms with Crippen molar-refractivity contribution in [1.82, 2.24) is 0 Å². The summed E-state index contributed by atoms with van der Waals surface area (Å²) in [4.78, 5) is 11.6. The summed E-state index contributed by atoms with van der Waals surface area (Å²) in [5, 5.41) is 8.48. The molecule has 0 N–H and O–H groups in total. The molecule has 1 aromatic carbocycles. The van der Waals surface area contributed by atoms with Crippen LogP contribution in [0.25, 0.3) is 0 Å². The summed E-state index contributed by atoms with van der Waals surface area (Å²) in [6, 6.07) is 3.73. The van der Waals surface area contributed by atoms with E-state index < -0.39 is 28.8 Å². The number of carbonyl (C=O) groups excluding carboxylic acids is 1. The average molecular weight is 322 g/mol. The molecule has 18 heavy (non-hydrogen) atoms. The lowest BCUT2D eigenvalue weighted by atomic mass is 9.97.